The summed E-state index contributed by atoms with van der Waals surface area (Å²) in [7, 11) is -3.75. The van der Waals surface area contributed by atoms with Crippen LogP contribution in [-0.4, -0.2) is 13.4 Å². The molecule has 8 heteroatoms. The molecule has 0 aliphatic rings. The van der Waals surface area contributed by atoms with Crippen molar-refractivity contribution in [1.29, 1.82) is 0 Å². The number of sulfonamides is 1. The predicted octanol–water partition coefficient (Wildman–Crippen LogP) is 4.68. The summed E-state index contributed by atoms with van der Waals surface area (Å²) in [5.41, 5.74) is 2.43. The average Bonchev–Trinajstić information content (AvgIpc) is 3.19. The lowest BCUT2D eigenvalue weighted by atomic mass is 10.2. The molecule has 1 aromatic carbocycles. The third kappa shape index (κ3) is 3.50. The van der Waals surface area contributed by atoms with E-state index in [1.165, 1.54) is 23.5 Å². The summed E-state index contributed by atoms with van der Waals surface area (Å²) in [6.45, 7) is 3.64. The normalized spacial score (nSPS) is 11.6. The Morgan fingerprint density at radius 2 is 2.00 bits per heavy atom. The maximum Gasteiger partial charge on any atom is 0.271 e. The number of rotatable bonds is 5. The van der Waals surface area contributed by atoms with Crippen LogP contribution in [0.3, 0.4) is 0 Å². The van der Waals surface area contributed by atoms with Gasteiger partial charge < -0.3 is 0 Å². The number of aryl methyl sites for hydroxylation is 2. The van der Waals surface area contributed by atoms with E-state index < -0.39 is 15.8 Å². The molecule has 2 heterocycles. The lowest BCUT2D eigenvalue weighted by molar-refractivity contribution is 0.603. The number of halogens is 1. The Bertz CT molecular complexity index is 977. The van der Waals surface area contributed by atoms with Crippen molar-refractivity contribution in [3.8, 4) is 10.6 Å². The van der Waals surface area contributed by atoms with Crippen molar-refractivity contribution in [3.05, 3.63) is 52.1 Å². The molecule has 2 aromatic heterocycles. The quantitative estimate of drug-likeness (QED) is 0.697. The fourth-order valence-corrected chi connectivity index (χ4v) is 5.21. The molecule has 0 unspecified atom stereocenters. The molecular formula is C16H15FN2O2S3. The van der Waals surface area contributed by atoms with Gasteiger partial charge in [-0.25, -0.2) is 17.8 Å². The molecular weight excluding hydrogens is 367 g/mol. The second-order valence-electron chi connectivity index (χ2n) is 5.22. The standard InChI is InChI=1S/C16H15FN2O2S3/c1-3-12-9-23-16(18-12)11-6-15(22-8-11)24(20,21)19-13-5-4-10(2)14(17)7-13/h4-9,19H,3H2,1-2H3. The SMILES string of the molecule is CCc1csc(-c2csc(S(=O)(=O)Nc3ccc(C)c(F)c3)c2)n1. The number of hydrogen-bond donors (Lipinski definition) is 1. The van der Waals surface area contributed by atoms with Crippen molar-refractivity contribution >= 4 is 38.4 Å². The topological polar surface area (TPSA) is 59.1 Å². The van der Waals surface area contributed by atoms with Crippen LogP contribution in [0.2, 0.25) is 0 Å². The van der Waals surface area contributed by atoms with E-state index in [-0.39, 0.29) is 9.90 Å². The van der Waals surface area contributed by atoms with Crippen LogP contribution in [-0.2, 0) is 16.4 Å². The largest absolute Gasteiger partial charge is 0.279 e. The average molecular weight is 383 g/mol. The van der Waals surface area contributed by atoms with Crippen LogP contribution in [0, 0.1) is 12.7 Å². The number of thiophene rings is 1. The summed E-state index contributed by atoms with van der Waals surface area (Å²) < 4.78 is 41.1. The fraction of sp³-hybridized carbons (Fsp3) is 0.188. The van der Waals surface area contributed by atoms with E-state index in [4.69, 9.17) is 0 Å². The Morgan fingerprint density at radius 1 is 1.21 bits per heavy atom. The van der Waals surface area contributed by atoms with Crippen molar-refractivity contribution in [3.63, 3.8) is 0 Å². The Morgan fingerprint density at radius 3 is 2.67 bits per heavy atom. The first-order valence-corrected chi connectivity index (χ1v) is 10.5. The number of hydrogen-bond acceptors (Lipinski definition) is 5. The van der Waals surface area contributed by atoms with Crippen LogP contribution in [0.5, 0.6) is 0 Å². The molecule has 0 spiro atoms. The van der Waals surface area contributed by atoms with E-state index in [9.17, 15) is 12.8 Å². The molecule has 0 amide bonds. The Hall–Kier alpha value is -1.77. The first-order valence-electron chi connectivity index (χ1n) is 7.21. The van der Waals surface area contributed by atoms with Crippen molar-refractivity contribution in [2.45, 2.75) is 24.5 Å². The molecule has 0 saturated heterocycles. The van der Waals surface area contributed by atoms with E-state index in [2.05, 4.69) is 9.71 Å². The lowest BCUT2D eigenvalue weighted by Gasteiger charge is -2.07. The zero-order valence-electron chi connectivity index (χ0n) is 13.0. The number of benzene rings is 1. The molecule has 0 atom stereocenters. The van der Waals surface area contributed by atoms with Gasteiger partial charge in [0.1, 0.15) is 15.0 Å². The summed E-state index contributed by atoms with van der Waals surface area (Å²) in [5, 5.41) is 4.53. The Kier molecular flexibility index (Phi) is 4.71. The summed E-state index contributed by atoms with van der Waals surface area (Å²) in [6.07, 6.45) is 0.840. The summed E-state index contributed by atoms with van der Waals surface area (Å²) >= 11 is 2.61. The van der Waals surface area contributed by atoms with Gasteiger partial charge >= 0.3 is 0 Å². The van der Waals surface area contributed by atoms with Crippen LogP contribution >= 0.6 is 22.7 Å². The molecule has 0 aliphatic carbocycles. The van der Waals surface area contributed by atoms with Crippen LogP contribution in [0.25, 0.3) is 10.6 Å². The first kappa shape index (κ1) is 17.1. The Labute approximate surface area is 148 Å². The highest BCUT2D eigenvalue weighted by Crippen LogP contribution is 2.31. The van der Waals surface area contributed by atoms with E-state index in [1.54, 1.807) is 24.4 Å². The number of anilines is 1. The number of nitrogens with zero attached hydrogens (tertiary/aromatic N) is 1. The van der Waals surface area contributed by atoms with Crippen molar-refractivity contribution in [1.82, 2.24) is 4.98 Å². The molecule has 1 N–H and O–H groups in total. The van der Waals surface area contributed by atoms with E-state index in [1.807, 2.05) is 12.3 Å². The maximum absolute atomic E-state index is 13.6. The van der Waals surface area contributed by atoms with Gasteiger partial charge in [0.05, 0.1) is 11.4 Å². The molecule has 0 saturated carbocycles. The van der Waals surface area contributed by atoms with Gasteiger partial charge in [-0.15, -0.1) is 22.7 Å². The van der Waals surface area contributed by atoms with Crippen molar-refractivity contribution in [2.24, 2.45) is 0 Å². The van der Waals surface area contributed by atoms with Gasteiger partial charge in [0.2, 0.25) is 0 Å². The maximum atomic E-state index is 13.6. The minimum atomic E-state index is -3.75. The van der Waals surface area contributed by atoms with Crippen LogP contribution < -0.4 is 4.72 Å². The number of thiazole rings is 1. The number of nitrogens with one attached hydrogen (secondary N) is 1. The first-order chi connectivity index (χ1) is 11.4. The molecule has 0 radical (unpaired) electrons. The van der Waals surface area contributed by atoms with Crippen molar-refractivity contribution in [2.75, 3.05) is 4.72 Å². The molecule has 3 rings (SSSR count). The molecule has 0 aliphatic heterocycles. The van der Waals surface area contributed by atoms with Gasteiger partial charge in [-0.3, -0.25) is 4.72 Å². The van der Waals surface area contributed by atoms with Gasteiger partial charge in [0.15, 0.2) is 0 Å². The Balaban J connectivity index is 1.86. The van der Waals surface area contributed by atoms with Crippen molar-refractivity contribution < 1.29 is 12.8 Å². The fourth-order valence-electron chi connectivity index (χ4n) is 2.03. The molecule has 126 valence electrons. The zero-order chi connectivity index (χ0) is 17.3. The molecule has 4 nitrogen and oxygen atoms in total. The monoisotopic (exact) mass is 382 g/mol. The highest BCUT2D eigenvalue weighted by Gasteiger charge is 2.19. The highest BCUT2D eigenvalue weighted by molar-refractivity contribution is 7.94. The second kappa shape index (κ2) is 6.62. The van der Waals surface area contributed by atoms with E-state index in [0.717, 1.165) is 34.0 Å². The predicted molar refractivity (Wildman–Crippen MR) is 96.8 cm³/mol. The molecule has 24 heavy (non-hydrogen) atoms. The molecule has 0 fully saturated rings. The zero-order valence-corrected chi connectivity index (χ0v) is 15.5. The van der Waals surface area contributed by atoms with Gasteiger partial charge in [-0.05, 0) is 37.1 Å². The third-order valence-corrected chi connectivity index (χ3v) is 7.19. The van der Waals surface area contributed by atoms with Gasteiger partial charge in [0, 0.05) is 16.3 Å². The third-order valence-electron chi connectivity index (χ3n) is 3.43. The van der Waals surface area contributed by atoms with Crippen LogP contribution in [0.4, 0.5) is 10.1 Å². The molecule has 0 bridgehead atoms. The summed E-state index contributed by atoms with van der Waals surface area (Å²) in [6, 6.07) is 5.85. The second-order valence-corrected chi connectivity index (χ2v) is 8.90. The smallest absolute Gasteiger partial charge is 0.271 e. The highest BCUT2D eigenvalue weighted by atomic mass is 32.2. The van der Waals surface area contributed by atoms with Gasteiger partial charge in [-0.1, -0.05) is 13.0 Å². The van der Waals surface area contributed by atoms with Gasteiger partial charge in [0.25, 0.3) is 10.0 Å². The molecule has 3 aromatic rings. The van der Waals surface area contributed by atoms with E-state index in [0.29, 0.717) is 5.56 Å². The minimum Gasteiger partial charge on any atom is -0.279 e. The van der Waals surface area contributed by atoms with Gasteiger partial charge in [-0.2, -0.15) is 0 Å². The lowest BCUT2D eigenvalue weighted by Crippen LogP contribution is -2.11. The number of aromatic nitrogens is 1. The van der Waals surface area contributed by atoms with Crippen LogP contribution in [0.15, 0.2) is 39.2 Å². The van der Waals surface area contributed by atoms with Crippen LogP contribution in [0.1, 0.15) is 18.2 Å². The summed E-state index contributed by atoms with van der Waals surface area (Å²) in [4.78, 5) is 4.46. The summed E-state index contributed by atoms with van der Waals surface area (Å²) in [5.74, 6) is -0.447. The van der Waals surface area contributed by atoms with E-state index >= 15 is 0 Å². The minimum absolute atomic E-state index is 0.173.